The highest BCUT2D eigenvalue weighted by atomic mass is 16.4. The number of amides is 3. The maximum absolute atomic E-state index is 12.7. The minimum Gasteiger partial charge on any atom is -0.481 e. The summed E-state index contributed by atoms with van der Waals surface area (Å²) < 4.78 is 0. The topological polar surface area (TPSA) is 251 Å². The molecule has 0 fully saturated rings. The number of aliphatic carboxylic acids is 3. The maximum atomic E-state index is 12.7. The van der Waals surface area contributed by atoms with E-state index >= 15 is 0 Å². The Kier molecular flexibility index (Phi) is 14.1. The van der Waals surface area contributed by atoms with Gasteiger partial charge in [-0.1, -0.05) is 20.3 Å². The second-order valence-electron chi connectivity index (χ2n) is 8.24. The van der Waals surface area contributed by atoms with Crippen LogP contribution in [-0.4, -0.2) is 81.7 Å². The Morgan fingerprint density at radius 2 is 1.18 bits per heavy atom. The van der Waals surface area contributed by atoms with Crippen molar-refractivity contribution < 1.29 is 44.1 Å². The van der Waals surface area contributed by atoms with Crippen LogP contribution in [0.4, 0.5) is 0 Å². The van der Waals surface area contributed by atoms with E-state index in [0.717, 1.165) is 0 Å². The molecule has 14 nitrogen and oxygen atoms in total. The van der Waals surface area contributed by atoms with Crippen molar-refractivity contribution in [2.24, 2.45) is 17.4 Å². The summed E-state index contributed by atoms with van der Waals surface area (Å²) in [7, 11) is 0. The average molecular weight is 490 g/mol. The molecule has 0 spiro atoms. The van der Waals surface area contributed by atoms with E-state index in [2.05, 4.69) is 16.0 Å². The van der Waals surface area contributed by atoms with Gasteiger partial charge in [-0.05, 0) is 31.7 Å². The lowest BCUT2D eigenvalue weighted by Gasteiger charge is -2.24. The van der Waals surface area contributed by atoms with Crippen LogP contribution in [0.15, 0.2) is 0 Å². The van der Waals surface area contributed by atoms with E-state index in [0.29, 0.717) is 19.4 Å². The lowest BCUT2D eigenvalue weighted by Crippen LogP contribution is -2.58. The van der Waals surface area contributed by atoms with Crippen LogP contribution in [0.2, 0.25) is 0 Å². The first kappa shape index (κ1) is 30.7. The fraction of sp³-hybridized carbons (Fsp3) is 0.700. The largest absolute Gasteiger partial charge is 0.481 e. The van der Waals surface area contributed by atoms with Crippen molar-refractivity contribution in [2.45, 2.75) is 76.5 Å². The zero-order valence-corrected chi connectivity index (χ0v) is 19.3. The summed E-state index contributed by atoms with van der Waals surface area (Å²) >= 11 is 0. The lowest BCUT2D eigenvalue weighted by atomic mass is 10.0. The number of carboxylic acids is 3. The molecule has 0 rings (SSSR count). The van der Waals surface area contributed by atoms with Crippen molar-refractivity contribution >= 4 is 35.6 Å². The highest BCUT2D eigenvalue weighted by Crippen LogP contribution is 2.07. The van der Waals surface area contributed by atoms with Gasteiger partial charge in [-0.15, -0.1) is 0 Å². The second-order valence-corrected chi connectivity index (χ2v) is 8.24. The molecule has 4 unspecified atom stereocenters. The van der Waals surface area contributed by atoms with E-state index in [1.54, 1.807) is 13.8 Å². The fourth-order valence-corrected chi connectivity index (χ4v) is 2.92. The first-order chi connectivity index (χ1) is 15.8. The van der Waals surface area contributed by atoms with Gasteiger partial charge < -0.3 is 42.7 Å². The number of hydrogen-bond donors (Lipinski definition) is 8. The van der Waals surface area contributed by atoms with Crippen molar-refractivity contribution in [3.63, 3.8) is 0 Å². The number of hydrogen-bond acceptors (Lipinski definition) is 8. The number of carbonyl (C=O) groups excluding carboxylic acids is 3. The number of rotatable bonds is 17. The Bertz CT molecular complexity index is 744. The van der Waals surface area contributed by atoms with Gasteiger partial charge >= 0.3 is 17.9 Å². The predicted molar refractivity (Wildman–Crippen MR) is 118 cm³/mol. The Balaban J connectivity index is 5.47. The minimum absolute atomic E-state index is 0.0502. The van der Waals surface area contributed by atoms with Gasteiger partial charge in [0.15, 0.2) is 0 Å². The van der Waals surface area contributed by atoms with Crippen molar-refractivity contribution in [1.29, 1.82) is 0 Å². The second kappa shape index (κ2) is 15.6. The van der Waals surface area contributed by atoms with Gasteiger partial charge in [0.05, 0.1) is 18.9 Å². The zero-order chi connectivity index (χ0) is 26.4. The molecule has 34 heavy (non-hydrogen) atoms. The van der Waals surface area contributed by atoms with Gasteiger partial charge in [-0.2, -0.15) is 0 Å². The smallest absolute Gasteiger partial charge is 0.326 e. The molecule has 0 aliphatic rings. The molecular weight excluding hydrogens is 454 g/mol. The molecule has 0 aromatic rings. The molecule has 10 N–H and O–H groups in total. The lowest BCUT2D eigenvalue weighted by molar-refractivity contribution is -0.145. The Hall–Kier alpha value is -3.26. The van der Waals surface area contributed by atoms with E-state index < -0.39 is 72.6 Å². The SMILES string of the molecule is CC(C)CC(NC(=O)C(CC(=O)O)NC(=O)C(CC(=O)O)NC(=O)C(N)CCCCN)C(=O)O. The van der Waals surface area contributed by atoms with Gasteiger partial charge in [0, 0.05) is 0 Å². The van der Waals surface area contributed by atoms with Crippen LogP contribution in [0.3, 0.4) is 0 Å². The van der Waals surface area contributed by atoms with E-state index in [4.69, 9.17) is 21.7 Å². The molecule has 0 radical (unpaired) electrons. The number of unbranched alkanes of at least 4 members (excludes halogenated alkanes) is 1. The summed E-state index contributed by atoms with van der Waals surface area (Å²) in [6, 6.07) is -5.74. The minimum atomic E-state index is -1.72. The monoisotopic (exact) mass is 489 g/mol. The number of nitrogens with two attached hydrogens (primary N) is 2. The van der Waals surface area contributed by atoms with Gasteiger partial charge in [-0.25, -0.2) is 4.79 Å². The highest BCUT2D eigenvalue weighted by molar-refractivity contribution is 5.96. The molecule has 0 saturated heterocycles. The van der Waals surface area contributed by atoms with Gasteiger partial charge in [0.25, 0.3) is 0 Å². The number of carboxylic acid groups (broad SMARTS) is 3. The zero-order valence-electron chi connectivity index (χ0n) is 19.3. The van der Waals surface area contributed by atoms with Crippen LogP contribution in [0.1, 0.15) is 52.4 Å². The molecule has 0 heterocycles. The quantitative estimate of drug-likeness (QED) is 0.103. The standard InChI is InChI=1S/C20H35N5O9/c1-10(2)7-14(20(33)34)25-19(32)13(9-16(28)29)24-18(31)12(8-15(26)27)23-17(30)11(22)5-3-4-6-21/h10-14H,3-9,21-22H2,1-2H3,(H,23,30)(H,24,31)(H,25,32)(H,26,27)(H,28,29)(H,33,34). The van der Waals surface area contributed by atoms with Crippen molar-refractivity contribution in [3.8, 4) is 0 Å². The van der Waals surface area contributed by atoms with Crippen LogP contribution in [0.5, 0.6) is 0 Å². The molecule has 0 aromatic heterocycles. The Labute approximate surface area is 196 Å². The summed E-state index contributed by atoms with van der Waals surface area (Å²) in [5, 5.41) is 33.9. The third-order valence-electron chi connectivity index (χ3n) is 4.65. The maximum Gasteiger partial charge on any atom is 0.326 e. The molecule has 0 saturated carbocycles. The summed E-state index contributed by atoms with van der Waals surface area (Å²) in [5.74, 6) is -7.40. The van der Waals surface area contributed by atoms with Crippen molar-refractivity contribution in [3.05, 3.63) is 0 Å². The van der Waals surface area contributed by atoms with Gasteiger partial charge in [0.2, 0.25) is 17.7 Å². The molecule has 0 aliphatic heterocycles. The van der Waals surface area contributed by atoms with Crippen LogP contribution in [-0.2, 0) is 28.8 Å². The van der Waals surface area contributed by atoms with E-state index in [-0.39, 0.29) is 18.8 Å². The normalized spacial score (nSPS) is 14.4. The summed E-state index contributed by atoms with van der Waals surface area (Å²) in [6.07, 6.45) is -0.337. The molecule has 3 amide bonds. The number of nitrogens with one attached hydrogen (secondary N) is 3. The fourth-order valence-electron chi connectivity index (χ4n) is 2.92. The average Bonchev–Trinajstić information content (AvgIpc) is 2.71. The van der Waals surface area contributed by atoms with Crippen LogP contribution in [0.25, 0.3) is 0 Å². The molecule has 4 atom stereocenters. The summed E-state index contributed by atoms with van der Waals surface area (Å²) in [4.78, 5) is 71.3. The first-order valence-electron chi connectivity index (χ1n) is 10.8. The molecule has 194 valence electrons. The van der Waals surface area contributed by atoms with E-state index in [1.807, 2.05) is 0 Å². The van der Waals surface area contributed by atoms with E-state index in [9.17, 15) is 33.9 Å². The van der Waals surface area contributed by atoms with Crippen LogP contribution >= 0.6 is 0 Å². The summed E-state index contributed by atoms with van der Waals surface area (Å²) in [6.45, 7) is 3.84. The molecular formula is C20H35N5O9. The molecule has 14 heteroatoms. The highest BCUT2D eigenvalue weighted by Gasteiger charge is 2.32. The molecule has 0 bridgehead atoms. The van der Waals surface area contributed by atoms with Crippen molar-refractivity contribution in [1.82, 2.24) is 16.0 Å². The summed E-state index contributed by atoms with van der Waals surface area (Å²) in [5.41, 5.74) is 11.1. The first-order valence-corrected chi connectivity index (χ1v) is 10.8. The Morgan fingerprint density at radius 3 is 1.56 bits per heavy atom. The number of carbonyl (C=O) groups is 6. The molecule has 0 aliphatic carbocycles. The van der Waals surface area contributed by atoms with Crippen LogP contribution < -0.4 is 27.4 Å². The van der Waals surface area contributed by atoms with Crippen molar-refractivity contribution in [2.75, 3.05) is 6.54 Å². The molecule has 0 aromatic carbocycles. The van der Waals surface area contributed by atoms with E-state index in [1.165, 1.54) is 0 Å². The third kappa shape index (κ3) is 12.7. The predicted octanol–water partition coefficient (Wildman–Crippen LogP) is -2.02. The Morgan fingerprint density at radius 1 is 0.735 bits per heavy atom. The third-order valence-corrected chi connectivity index (χ3v) is 4.65. The van der Waals surface area contributed by atoms with Gasteiger partial charge in [-0.3, -0.25) is 24.0 Å². The van der Waals surface area contributed by atoms with Gasteiger partial charge in [0.1, 0.15) is 18.1 Å². The van der Waals surface area contributed by atoms with Crippen LogP contribution in [0, 0.1) is 5.92 Å².